The molecule has 0 amide bonds. The van der Waals surface area contributed by atoms with Crippen molar-refractivity contribution >= 4 is 15.9 Å². The zero-order chi connectivity index (χ0) is 11.4. The van der Waals surface area contributed by atoms with Gasteiger partial charge in [-0.1, -0.05) is 15.9 Å². The molecule has 0 N–H and O–H groups in total. The quantitative estimate of drug-likeness (QED) is 0.629. The fraction of sp³-hybridized carbons (Fsp3) is 0.333. The van der Waals surface area contributed by atoms with E-state index < -0.39 is 17.9 Å². The number of hydrogen-bond acceptors (Lipinski definition) is 2. The molecule has 15 heavy (non-hydrogen) atoms. The Balaban J connectivity index is 3.25. The summed E-state index contributed by atoms with van der Waals surface area (Å²) in [6.45, 7) is 0. The number of hydrogen-bond donors (Lipinski definition) is 0. The van der Waals surface area contributed by atoms with Gasteiger partial charge in [0.25, 0.3) is 6.43 Å². The molecule has 0 bridgehead atoms. The van der Waals surface area contributed by atoms with Gasteiger partial charge >= 0.3 is 0 Å². The average molecular weight is 279 g/mol. The Morgan fingerprint density at radius 3 is 2.67 bits per heavy atom. The molecule has 1 heterocycles. The molecule has 6 heteroatoms. The second kappa shape index (κ2) is 5.12. The maximum atomic E-state index is 13.0. The summed E-state index contributed by atoms with van der Waals surface area (Å²) in [6, 6.07) is 2.81. The fourth-order valence-electron chi connectivity index (χ4n) is 1.09. The van der Waals surface area contributed by atoms with E-state index in [-0.39, 0.29) is 17.4 Å². The van der Waals surface area contributed by atoms with Crippen molar-refractivity contribution < 1.29 is 13.2 Å². The monoisotopic (exact) mass is 278 g/mol. The fourth-order valence-corrected chi connectivity index (χ4v) is 1.58. The summed E-state index contributed by atoms with van der Waals surface area (Å²) in [5, 5.41) is 8.69. The Morgan fingerprint density at radius 1 is 1.53 bits per heavy atom. The molecule has 0 aliphatic rings. The number of pyridine rings is 1. The molecule has 80 valence electrons. The van der Waals surface area contributed by atoms with Crippen molar-refractivity contribution in [3.63, 3.8) is 0 Å². The zero-order valence-electron chi connectivity index (χ0n) is 7.48. The molecule has 1 rings (SSSR count). The van der Waals surface area contributed by atoms with Gasteiger partial charge in [0.05, 0.1) is 23.7 Å². The number of aromatic nitrogens is 1. The van der Waals surface area contributed by atoms with E-state index in [0.29, 0.717) is 5.56 Å². The maximum absolute atomic E-state index is 13.0. The number of alkyl halides is 3. The molecule has 0 atom stereocenters. The van der Waals surface area contributed by atoms with Gasteiger partial charge < -0.3 is 0 Å². The van der Waals surface area contributed by atoms with Gasteiger partial charge in [-0.2, -0.15) is 9.65 Å². The zero-order valence-corrected chi connectivity index (χ0v) is 9.06. The van der Waals surface area contributed by atoms with Crippen LogP contribution in [0.2, 0.25) is 0 Å². The predicted octanol–water partition coefficient (Wildman–Crippen LogP) is 3.12. The molecule has 1 aromatic heterocycles. The summed E-state index contributed by atoms with van der Waals surface area (Å²) in [5.41, 5.74) is -0.158. The van der Waals surface area contributed by atoms with E-state index in [1.54, 1.807) is 0 Å². The van der Waals surface area contributed by atoms with Crippen molar-refractivity contribution in [1.82, 2.24) is 4.98 Å². The minimum absolute atomic E-state index is 0.0616. The molecular formula is C9H6BrF3N2. The molecule has 0 aliphatic heterocycles. The molecule has 0 unspecified atom stereocenters. The van der Waals surface area contributed by atoms with Crippen LogP contribution in [0, 0.1) is 17.3 Å². The van der Waals surface area contributed by atoms with Gasteiger partial charge in [0.2, 0.25) is 5.95 Å². The lowest BCUT2D eigenvalue weighted by Crippen LogP contribution is -2.03. The first-order valence-corrected chi connectivity index (χ1v) is 5.11. The molecule has 0 aliphatic carbocycles. The minimum Gasteiger partial charge on any atom is -0.223 e. The van der Waals surface area contributed by atoms with E-state index in [1.807, 2.05) is 6.07 Å². The van der Waals surface area contributed by atoms with Gasteiger partial charge in [-0.25, -0.2) is 13.8 Å². The smallest absolute Gasteiger partial charge is 0.223 e. The lowest BCUT2D eigenvalue weighted by Gasteiger charge is -2.07. The third-order valence-electron chi connectivity index (χ3n) is 1.80. The van der Waals surface area contributed by atoms with Crippen molar-refractivity contribution in [2.75, 3.05) is 0 Å². The standard InChI is InChI=1S/C9H6BrF3N2/c10-4-7-5(1-2-14)3-6(8(11)12)9(13)15-7/h3,8H,1,4H2. The minimum atomic E-state index is -2.92. The van der Waals surface area contributed by atoms with Gasteiger partial charge in [-0.15, -0.1) is 0 Å². The van der Waals surface area contributed by atoms with E-state index in [4.69, 9.17) is 5.26 Å². The Labute approximate surface area is 92.9 Å². The van der Waals surface area contributed by atoms with Crippen LogP contribution in [0.4, 0.5) is 13.2 Å². The van der Waals surface area contributed by atoms with Gasteiger partial charge in [0, 0.05) is 5.33 Å². The van der Waals surface area contributed by atoms with Crippen LogP contribution in [-0.2, 0) is 11.8 Å². The highest BCUT2D eigenvalue weighted by Gasteiger charge is 2.17. The Kier molecular flexibility index (Phi) is 4.09. The lowest BCUT2D eigenvalue weighted by molar-refractivity contribution is 0.145. The van der Waals surface area contributed by atoms with E-state index >= 15 is 0 Å². The summed E-state index contributed by atoms with van der Waals surface area (Å²) in [4.78, 5) is 3.39. The van der Waals surface area contributed by atoms with Crippen molar-refractivity contribution in [1.29, 1.82) is 5.26 Å². The van der Waals surface area contributed by atoms with Crippen LogP contribution in [0.5, 0.6) is 0 Å². The van der Waals surface area contributed by atoms with E-state index in [0.717, 1.165) is 6.07 Å². The van der Waals surface area contributed by atoms with E-state index in [9.17, 15) is 13.2 Å². The second-order valence-corrected chi connectivity index (χ2v) is 3.30. The average Bonchev–Trinajstić information content (AvgIpc) is 2.20. The summed E-state index contributed by atoms with van der Waals surface area (Å²) in [6.07, 6.45) is -2.98. The molecular weight excluding hydrogens is 273 g/mol. The third kappa shape index (κ3) is 2.69. The summed E-state index contributed by atoms with van der Waals surface area (Å²) in [5.74, 6) is -1.18. The van der Waals surface area contributed by atoms with Crippen LogP contribution >= 0.6 is 15.9 Å². The van der Waals surface area contributed by atoms with Crippen molar-refractivity contribution in [3.05, 3.63) is 28.8 Å². The molecule has 0 aromatic carbocycles. The highest BCUT2D eigenvalue weighted by Crippen LogP contribution is 2.24. The van der Waals surface area contributed by atoms with E-state index in [1.165, 1.54) is 0 Å². The normalized spacial score (nSPS) is 10.4. The number of rotatable bonds is 3. The number of nitriles is 1. The Hall–Kier alpha value is -1.09. The summed E-state index contributed by atoms with van der Waals surface area (Å²) >= 11 is 3.05. The van der Waals surface area contributed by atoms with Crippen molar-refractivity contribution in [3.8, 4) is 6.07 Å². The first kappa shape index (κ1) is 12.0. The Bertz CT molecular complexity index is 401. The van der Waals surface area contributed by atoms with Crippen LogP contribution in [0.15, 0.2) is 6.07 Å². The van der Waals surface area contributed by atoms with Crippen LogP contribution in [-0.4, -0.2) is 4.98 Å². The SMILES string of the molecule is N#CCc1cc(C(F)F)c(F)nc1CBr. The molecule has 0 fully saturated rings. The maximum Gasteiger partial charge on any atom is 0.268 e. The second-order valence-electron chi connectivity index (χ2n) is 2.74. The van der Waals surface area contributed by atoms with E-state index in [2.05, 4.69) is 20.9 Å². The molecule has 0 saturated heterocycles. The van der Waals surface area contributed by atoms with Gasteiger partial charge in [-0.3, -0.25) is 0 Å². The topological polar surface area (TPSA) is 36.7 Å². The molecule has 0 saturated carbocycles. The van der Waals surface area contributed by atoms with Gasteiger partial charge in [0.1, 0.15) is 0 Å². The van der Waals surface area contributed by atoms with Crippen molar-refractivity contribution in [2.45, 2.75) is 18.2 Å². The molecule has 0 radical (unpaired) electrons. The highest BCUT2D eigenvalue weighted by atomic mass is 79.9. The Morgan fingerprint density at radius 2 is 2.20 bits per heavy atom. The van der Waals surface area contributed by atoms with Crippen LogP contribution < -0.4 is 0 Å². The van der Waals surface area contributed by atoms with Crippen molar-refractivity contribution in [2.24, 2.45) is 0 Å². The van der Waals surface area contributed by atoms with Crippen LogP contribution in [0.25, 0.3) is 0 Å². The van der Waals surface area contributed by atoms with Crippen LogP contribution in [0.1, 0.15) is 23.2 Å². The largest absolute Gasteiger partial charge is 0.268 e. The summed E-state index contributed by atoms with van der Waals surface area (Å²) < 4.78 is 37.6. The van der Waals surface area contributed by atoms with Gasteiger partial charge in [-0.05, 0) is 11.6 Å². The molecule has 0 spiro atoms. The molecule has 2 nitrogen and oxygen atoms in total. The predicted molar refractivity (Wildman–Crippen MR) is 51.1 cm³/mol. The molecule has 1 aromatic rings. The number of halogens is 4. The van der Waals surface area contributed by atoms with Crippen LogP contribution in [0.3, 0.4) is 0 Å². The first-order chi connectivity index (χ1) is 7.10. The number of nitrogens with zero attached hydrogens (tertiary/aromatic N) is 2. The third-order valence-corrected chi connectivity index (χ3v) is 2.33. The lowest BCUT2D eigenvalue weighted by atomic mass is 10.1. The summed E-state index contributed by atoms with van der Waals surface area (Å²) in [7, 11) is 0. The van der Waals surface area contributed by atoms with Gasteiger partial charge in [0.15, 0.2) is 0 Å². The highest BCUT2D eigenvalue weighted by molar-refractivity contribution is 9.08. The first-order valence-electron chi connectivity index (χ1n) is 3.99.